The van der Waals surface area contributed by atoms with E-state index in [1.54, 1.807) is 45.3 Å². The van der Waals surface area contributed by atoms with Gasteiger partial charge in [-0.15, -0.1) is 11.3 Å². The Morgan fingerprint density at radius 1 is 0.860 bits per heavy atom. The van der Waals surface area contributed by atoms with Crippen LogP contribution in [-0.2, 0) is 32.1 Å². The smallest absolute Gasteiger partial charge is 0.271 e. The molecule has 12 nitrogen and oxygen atoms in total. The number of hydrogen-bond acceptors (Lipinski definition) is 8. The zero-order valence-electron chi connectivity index (χ0n) is 28.7. The van der Waals surface area contributed by atoms with E-state index in [2.05, 4.69) is 26.3 Å². The van der Waals surface area contributed by atoms with Crippen molar-refractivity contribution in [3.63, 3.8) is 0 Å². The van der Waals surface area contributed by atoms with Crippen LogP contribution in [0.2, 0.25) is 10.0 Å². The van der Waals surface area contributed by atoms with Crippen molar-refractivity contribution < 1.29 is 24.0 Å². The van der Waals surface area contributed by atoms with E-state index >= 15 is 0 Å². The molecule has 4 atom stereocenters. The van der Waals surface area contributed by atoms with Gasteiger partial charge in [-0.1, -0.05) is 73.4 Å². The molecule has 2 aromatic carbocycles. The number of hydrogen-bond donors (Lipinski definition) is 4. The third-order valence-corrected chi connectivity index (χ3v) is 9.97. The van der Waals surface area contributed by atoms with Crippen LogP contribution in [-0.4, -0.2) is 89.1 Å². The normalized spacial score (nSPS) is 22.3. The standard InChI is InChI=1S/C35H43Cl2N7O5S/c1-20(2)30-33(48)39-22(4)35(49)43(5)13-14-44(17-24-11-12-25(36)26(37)15-24)18-29(45)40-27(16-23-9-7-6-8-10-23)34-41-28(19-50-34)32(47)38-21(3)31(46)42-30/h6-12,15,19-22,27,30H,13-14,16-18H2,1-5H3,(H,38,47)(H,39,48)(H,40,45)(H,42,46)/t21-,22+,27-,30-/m0/s1. The molecule has 1 aromatic heterocycles. The predicted molar refractivity (Wildman–Crippen MR) is 194 cm³/mol. The Morgan fingerprint density at radius 3 is 2.26 bits per heavy atom. The average molecular weight is 745 g/mol. The summed E-state index contributed by atoms with van der Waals surface area (Å²) in [6.07, 6.45) is 0.416. The first-order valence-electron chi connectivity index (χ1n) is 16.3. The molecule has 0 aliphatic carbocycles. The Bertz CT molecular complexity index is 1690. The van der Waals surface area contributed by atoms with Crippen molar-refractivity contribution in [2.24, 2.45) is 5.92 Å². The molecule has 3 aromatic rings. The van der Waals surface area contributed by atoms with Gasteiger partial charge >= 0.3 is 0 Å². The number of nitrogens with one attached hydrogen (secondary N) is 4. The van der Waals surface area contributed by atoms with Crippen LogP contribution >= 0.6 is 34.5 Å². The van der Waals surface area contributed by atoms with E-state index in [1.807, 2.05) is 41.3 Å². The quantitative estimate of drug-likeness (QED) is 0.312. The highest BCUT2D eigenvalue weighted by Crippen LogP contribution is 2.25. The van der Waals surface area contributed by atoms with E-state index < -0.39 is 41.9 Å². The van der Waals surface area contributed by atoms with Crippen molar-refractivity contribution in [1.29, 1.82) is 0 Å². The van der Waals surface area contributed by atoms with E-state index in [4.69, 9.17) is 23.2 Å². The molecule has 0 spiro atoms. The largest absolute Gasteiger partial charge is 0.345 e. The zero-order valence-corrected chi connectivity index (χ0v) is 31.0. The number of benzene rings is 2. The topological polar surface area (TPSA) is 153 Å². The number of likely N-dealkylation sites (N-methyl/N-ethyl adjacent to an activating group) is 1. The number of fused-ring (bicyclic) bond motifs is 2. The van der Waals surface area contributed by atoms with Crippen molar-refractivity contribution in [1.82, 2.24) is 36.1 Å². The number of nitrogens with zero attached hydrogens (tertiary/aromatic N) is 3. The van der Waals surface area contributed by atoms with Crippen molar-refractivity contribution in [2.45, 2.75) is 64.8 Å². The lowest BCUT2D eigenvalue weighted by atomic mass is 10.0. The second kappa shape index (κ2) is 17.8. The molecule has 0 saturated heterocycles. The number of carbonyl (C=O) groups excluding carboxylic acids is 5. The first-order valence-corrected chi connectivity index (χ1v) is 18.0. The van der Waals surface area contributed by atoms with Crippen LogP contribution in [0.3, 0.4) is 0 Å². The lowest BCUT2D eigenvalue weighted by molar-refractivity contribution is -0.136. The van der Waals surface area contributed by atoms with Gasteiger partial charge in [0.1, 0.15) is 28.8 Å². The number of thiazole rings is 1. The lowest BCUT2D eigenvalue weighted by Crippen LogP contribution is -2.57. The first kappa shape index (κ1) is 38.8. The minimum absolute atomic E-state index is 0.0278. The molecule has 1 aliphatic rings. The van der Waals surface area contributed by atoms with Crippen molar-refractivity contribution >= 4 is 64.1 Å². The number of halogens is 2. The Kier molecular flexibility index (Phi) is 13.8. The van der Waals surface area contributed by atoms with Gasteiger partial charge in [0.05, 0.1) is 22.6 Å². The molecule has 5 amide bonds. The highest BCUT2D eigenvalue weighted by Gasteiger charge is 2.31. The SMILES string of the molecule is CC(C)[C@@H]1NC(=O)[C@H](C)NC(=O)c2csc(n2)[C@H](Cc2ccccc2)NC(=O)CN(Cc2ccc(Cl)c(Cl)c2)CCN(C)C(=O)[C@@H](C)NC1=O. The van der Waals surface area contributed by atoms with Crippen LogP contribution in [0.25, 0.3) is 0 Å². The fourth-order valence-electron chi connectivity index (χ4n) is 5.40. The Morgan fingerprint density at radius 2 is 1.58 bits per heavy atom. The minimum atomic E-state index is -0.998. The van der Waals surface area contributed by atoms with Crippen LogP contribution in [0.5, 0.6) is 0 Å². The Balaban J connectivity index is 1.67. The molecule has 50 heavy (non-hydrogen) atoms. The molecule has 2 bridgehead atoms. The molecule has 4 N–H and O–H groups in total. The second-order valence-electron chi connectivity index (χ2n) is 12.8. The Labute approximate surface area is 306 Å². The fourth-order valence-corrected chi connectivity index (χ4v) is 6.57. The summed E-state index contributed by atoms with van der Waals surface area (Å²) in [6, 6.07) is 11.4. The van der Waals surface area contributed by atoms with Crippen molar-refractivity contribution in [2.75, 3.05) is 26.7 Å². The van der Waals surface area contributed by atoms with Crippen molar-refractivity contribution in [3.8, 4) is 0 Å². The van der Waals surface area contributed by atoms with E-state index in [-0.39, 0.29) is 36.5 Å². The van der Waals surface area contributed by atoms with Gasteiger partial charge in [0.15, 0.2) is 0 Å². The molecule has 1 aliphatic heterocycles. The molecule has 0 radical (unpaired) electrons. The van der Waals surface area contributed by atoms with Crippen LogP contribution in [0, 0.1) is 5.92 Å². The summed E-state index contributed by atoms with van der Waals surface area (Å²) >= 11 is 13.7. The molecule has 4 rings (SSSR count). The van der Waals surface area contributed by atoms with E-state index in [1.165, 1.54) is 23.2 Å². The third kappa shape index (κ3) is 10.7. The maximum atomic E-state index is 13.7. The van der Waals surface area contributed by atoms with Crippen LogP contribution in [0.15, 0.2) is 53.9 Å². The van der Waals surface area contributed by atoms with Gasteiger partial charge in [-0.2, -0.15) is 0 Å². The lowest BCUT2D eigenvalue weighted by Gasteiger charge is -2.29. The van der Waals surface area contributed by atoms with Gasteiger partial charge in [0.2, 0.25) is 23.6 Å². The maximum Gasteiger partial charge on any atom is 0.271 e. The fraction of sp³-hybridized carbons (Fsp3) is 0.429. The molecule has 2 heterocycles. The van der Waals surface area contributed by atoms with Gasteiger partial charge in [0.25, 0.3) is 5.91 Å². The van der Waals surface area contributed by atoms with E-state index in [0.717, 1.165) is 11.1 Å². The minimum Gasteiger partial charge on any atom is -0.345 e. The molecule has 15 heteroatoms. The van der Waals surface area contributed by atoms with Gasteiger partial charge < -0.3 is 26.2 Å². The summed E-state index contributed by atoms with van der Waals surface area (Å²) in [5.41, 5.74) is 1.87. The summed E-state index contributed by atoms with van der Waals surface area (Å²) in [5.74, 6) is -2.63. The van der Waals surface area contributed by atoms with Gasteiger partial charge in [0, 0.05) is 32.1 Å². The monoisotopic (exact) mass is 743 g/mol. The summed E-state index contributed by atoms with van der Waals surface area (Å²) < 4.78 is 0. The second-order valence-corrected chi connectivity index (χ2v) is 14.5. The van der Waals surface area contributed by atoms with Crippen LogP contribution < -0.4 is 21.3 Å². The highest BCUT2D eigenvalue weighted by molar-refractivity contribution is 7.09. The molecule has 0 fully saturated rings. The van der Waals surface area contributed by atoms with E-state index in [0.29, 0.717) is 34.6 Å². The van der Waals surface area contributed by atoms with Gasteiger partial charge in [-0.25, -0.2) is 4.98 Å². The Hall–Kier alpha value is -4.04. The third-order valence-electron chi connectivity index (χ3n) is 8.27. The number of carbonyl (C=O) groups is 5. The first-order chi connectivity index (χ1) is 23.7. The number of rotatable bonds is 5. The summed E-state index contributed by atoms with van der Waals surface area (Å²) in [4.78, 5) is 74.6. The summed E-state index contributed by atoms with van der Waals surface area (Å²) in [5, 5.41) is 14.1. The van der Waals surface area contributed by atoms with Gasteiger partial charge in [-0.05, 0) is 49.4 Å². The number of aromatic nitrogens is 1. The molecule has 0 unspecified atom stereocenters. The number of amides is 5. The maximum absolute atomic E-state index is 13.7. The zero-order chi connectivity index (χ0) is 36.5. The highest BCUT2D eigenvalue weighted by atomic mass is 35.5. The van der Waals surface area contributed by atoms with Crippen LogP contribution in [0.4, 0.5) is 0 Å². The molecule has 268 valence electrons. The summed E-state index contributed by atoms with van der Waals surface area (Å²) in [7, 11) is 1.62. The summed E-state index contributed by atoms with van der Waals surface area (Å²) in [6.45, 7) is 7.48. The molecular weight excluding hydrogens is 701 g/mol. The van der Waals surface area contributed by atoms with Crippen molar-refractivity contribution in [3.05, 3.63) is 85.8 Å². The molecular formula is C35H43Cl2N7O5S. The predicted octanol–water partition coefficient (Wildman–Crippen LogP) is 3.59. The average Bonchev–Trinajstić information content (AvgIpc) is 3.57. The van der Waals surface area contributed by atoms with E-state index in [9.17, 15) is 24.0 Å². The molecule has 0 saturated carbocycles. The van der Waals surface area contributed by atoms with Crippen LogP contribution in [0.1, 0.15) is 60.4 Å². The van der Waals surface area contributed by atoms with Gasteiger partial charge in [-0.3, -0.25) is 28.9 Å².